The summed E-state index contributed by atoms with van der Waals surface area (Å²) in [5, 5.41) is 4.41. The van der Waals surface area contributed by atoms with E-state index in [4.69, 9.17) is 4.74 Å². The number of aromatic nitrogens is 3. The van der Waals surface area contributed by atoms with E-state index in [0.29, 0.717) is 6.54 Å². The van der Waals surface area contributed by atoms with Crippen LogP contribution in [0.4, 0.5) is 0 Å². The number of rotatable bonds is 4. The van der Waals surface area contributed by atoms with E-state index in [1.54, 1.807) is 12.4 Å². The molecule has 2 N–H and O–H groups in total. The van der Waals surface area contributed by atoms with Crippen LogP contribution >= 0.6 is 0 Å². The highest BCUT2D eigenvalue weighted by atomic mass is 16.5. The Morgan fingerprint density at radius 3 is 2.91 bits per heavy atom. The zero-order valence-electron chi connectivity index (χ0n) is 17.7. The molecule has 2 aliphatic rings. The van der Waals surface area contributed by atoms with Gasteiger partial charge in [-0.05, 0) is 36.5 Å². The lowest BCUT2D eigenvalue weighted by Gasteiger charge is -2.23. The molecule has 0 radical (unpaired) electrons. The highest BCUT2D eigenvalue weighted by Crippen LogP contribution is 2.39. The summed E-state index contributed by atoms with van der Waals surface area (Å²) in [6.07, 6.45) is 8.73. The van der Waals surface area contributed by atoms with Gasteiger partial charge in [0.2, 0.25) is 5.91 Å². The number of aromatic amines is 1. The smallest absolute Gasteiger partial charge is 0.229 e. The van der Waals surface area contributed by atoms with Crippen molar-refractivity contribution in [1.29, 1.82) is 0 Å². The molecule has 0 saturated carbocycles. The molecule has 0 fully saturated rings. The maximum absolute atomic E-state index is 13.2. The van der Waals surface area contributed by atoms with E-state index >= 15 is 0 Å². The molecule has 6 nitrogen and oxygen atoms in total. The van der Waals surface area contributed by atoms with Crippen LogP contribution in [0.15, 0.2) is 61.2 Å². The molecule has 6 heteroatoms. The fourth-order valence-corrected chi connectivity index (χ4v) is 5.13. The van der Waals surface area contributed by atoms with E-state index in [1.165, 1.54) is 17.3 Å². The molecular weight excluding hydrogens is 400 g/mol. The Kier molecular flexibility index (Phi) is 4.63. The number of benzene rings is 2. The minimum absolute atomic E-state index is 0.0775. The lowest BCUT2D eigenvalue weighted by molar-refractivity contribution is -0.123. The first-order valence-electron chi connectivity index (χ1n) is 11.2. The van der Waals surface area contributed by atoms with Gasteiger partial charge in [0, 0.05) is 46.5 Å². The first-order valence-corrected chi connectivity index (χ1v) is 11.2. The van der Waals surface area contributed by atoms with Crippen LogP contribution in [-0.4, -0.2) is 33.5 Å². The van der Waals surface area contributed by atoms with Crippen LogP contribution in [0.3, 0.4) is 0 Å². The molecule has 6 rings (SSSR count). The molecule has 2 aromatic heterocycles. The van der Waals surface area contributed by atoms with Crippen molar-refractivity contribution in [3.05, 3.63) is 78.0 Å². The molecule has 160 valence electrons. The summed E-state index contributed by atoms with van der Waals surface area (Å²) in [7, 11) is 0. The number of fused-ring (bicyclic) bond motifs is 4. The average molecular weight is 425 g/mol. The van der Waals surface area contributed by atoms with Crippen LogP contribution < -0.4 is 10.1 Å². The summed E-state index contributed by atoms with van der Waals surface area (Å²) >= 11 is 0. The number of nitrogens with zero attached hydrogens (tertiary/aromatic N) is 2. The number of carbonyl (C=O) groups is 1. The molecule has 0 saturated heterocycles. The Bertz CT molecular complexity index is 1300. The van der Waals surface area contributed by atoms with E-state index in [1.807, 2.05) is 18.2 Å². The maximum atomic E-state index is 13.2. The second-order valence-electron chi connectivity index (χ2n) is 8.62. The summed E-state index contributed by atoms with van der Waals surface area (Å²) in [4.78, 5) is 24.9. The standard InChI is InChI=1S/C26H24N4O2/c31-26(22-9-4-8-21-20-6-1-2-10-23(20)30-24(21)22)29-14-18-11-16-5-3-7-19(25(16)32-18)17-12-27-15-28-13-17/h1-3,5-7,10,12-13,15,18,22,30H,4,8-9,11,14H2,(H,29,31). The van der Waals surface area contributed by atoms with Crippen molar-refractivity contribution in [1.82, 2.24) is 20.3 Å². The number of nitrogens with one attached hydrogen (secondary N) is 2. The van der Waals surface area contributed by atoms with Crippen molar-refractivity contribution < 1.29 is 9.53 Å². The third-order valence-electron chi connectivity index (χ3n) is 6.64. The SMILES string of the molecule is O=C(NCC1Cc2cccc(-c3cncnc3)c2O1)C1CCCc2c1[nH]c1ccccc21. The zero-order valence-corrected chi connectivity index (χ0v) is 17.7. The number of hydrogen-bond acceptors (Lipinski definition) is 4. The highest BCUT2D eigenvalue weighted by molar-refractivity contribution is 5.90. The molecule has 1 amide bonds. The number of carbonyl (C=O) groups excluding carboxylic acids is 1. The topological polar surface area (TPSA) is 79.9 Å². The van der Waals surface area contributed by atoms with E-state index in [2.05, 4.69) is 44.5 Å². The number of aryl methyl sites for hydroxylation is 1. The number of para-hydroxylation sites is 2. The van der Waals surface area contributed by atoms with Crippen LogP contribution in [0.25, 0.3) is 22.0 Å². The van der Waals surface area contributed by atoms with Gasteiger partial charge in [0.1, 0.15) is 18.2 Å². The Morgan fingerprint density at radius 2 is 2.00 bits per heavy atom. The minimum Gasteiger partial charge on any atom is -0.487 e. The van der Waals surface area contributed by atoms with Crippen LogP contribution in [0.2, 0.25) is 0 Å². The van der Waals surface area contributed by atoms with E-state index in [-0.39, 0.29) is 17.9 Å². The van der Waals surface area contributed by atoms with Gasteiger partial charge in [-0.25, -0.2) is 9.97 Å². The fraction of sp³-hybridized carbons (Fsp3) is 0.269. The fourth-order valence-electron chi connectivity index (χ4n) is 5.13. The average Bonchev–Trinajstić information content (AvgIpc) is 3.44. The van der Waals surface area contributed by atoms with Crippen LogP contribution in [0.1, 0.15) is 35.6 Å². The van der Waals surface area contributed by atoms with E-state index < -0.39 is 0 Å². The lowest BCUT2D eigenvalue weighted by Crippen LogP contribution is -2.38. The van der Waals surface area contributed by atoms with Gasteiger partial charge in [0.05, 0.1) is 12.5 Å². The maximum Gasteiger partial charge on any atom is 0.229 e. The molecule has 4 aromatic rings. The first kappa shape index (κ1) is 19.0. The van der Waals surface area contributed by atoms with Crippen molar-refractivity contribution in [2.75, 3.05) is 6.54 Å². The molecule has 2 unspecified atom stereocenters. The van der Waals surface area contributed by atoms with Crippen molar-refractivity contribution in [2.45, 2.75) is 37.7 Å². The highest BCUT2D eigenvalue weighted by Gasteiger charge is 2.31. The molecule has 2 atom stereocenters. The third-order valence-corrected chi connectivity index (χ3v) is 6.64. The van der Waals surface area contributed by atoms with Crippen molar-refractivity contribution >= 4 is 16.8 Å². The van der Waals surface area contributed by atoms with E-state index in [0.717, 1.165) is 59.3 Å². The Hall–Kier alpha value is -3.67. The summed E-state index contributed by atoms with van der Waals surface area (Å²) in [5.41, 5.74) is 6.57. The predicted molar refractivity (Wildman–Crippen MR) is 123 cm³/mol. The molecule has 1 aliphatic heterocycles. The van der Waals surface area contributed by atoms with Crippen LogP contribution in [-0.2, 0) is 17.6 Å². The van der Waals surface area contributed by atoms with Gasteiger partial charge in [0.25, 0.3) is 0 Å². The molecular formula is C26H24N4O2. The van der Waals surface area contributed by atoms with Crippen molar-refractivity contribution in [3.8, 4) is 16.9 Å². The van der Waals surface area contributed by atoms with Gasteiger partial charge in [-0.1, -0.05) is 36.4 Å². The summed E-state index contributed by atoms with van der Waals surface area (Å²) in [5.74, 6) is 0.817. The van der Waals surface area contributed by atoms with Crippen LogP contribution in [0.5, 0.6) is 5.75 Å². The molecule has 1 aliphatic carbocycles. The quantitative estimate of drug-likeness (QED) is 0.515. The van der Waals surface area contributed by atoms with Crippen molar-refractivity contribution in [3.63, 3.8) is 0 Å². The van der Waals surface area contributed by atoms with Crippen molar-refractivity contribution in [2.24, 2.45) is 0 Å². The largest absolute Gasteiger partial charge is 0.487 e. The van der Waals surface area contributed by atoms with Gasteiger partial charge in [0.15, 0.2) is 0 Å². The summed E-state index contributed by atoms with van der Waals surface area (Å²) < 4.78 is 6.27. The van der Waals surface area contributed by atoms with Gasteiger partial charge in [-0.3, -0.25) is 4.79 Å². The summed E-state index contributed by atoms with van der Waals surface area (Å²) in [6, 6.07) is 14.5. The Balaban J connectivity index is 1.17. The third kappa shape index (κ3) is 3.23. The second kappa shape index (κ2) is 7.79. The molecule has 2 aromatic carbocycles. The summed E-state index contributed by atoms with van der Waals surface area (Å²) in [6.45, 7) is 0.490. The van der Waals surface area contributed by atoms with Gasteiger partial charge >= 0.3 is 0 Å². The number of hydrogen-bond donors (Lipinski definition) is 2. The Labute approximate surface area is 186 Å². The van der Waals surface area contributed by atoms with Gasteiger partial charge in [-0.15, -0.1) is 0 Å². The second-order valence-corrected chi connectivity index (χ2v) is 8.62. The number of amides is 1. The predicted octanol–water partition coefficient (Wildman–Crippen LogP) is 4.16. The first-order chi connectivity index (χ1) is 15.8. The zero-order chi connectivity index (χ0) is 21.5. The van der Waals surface area contributed by atoms with E-state index in [9.17, 15) is 4.79 Å². The number of ether oxygens (including phenoxy) is 1. The van der Waals surface area contributed by atoms with Crippen LogP contribution in [0, 0.1) is 0 Å². The minimum atomic E-state index is -0.132. The lowest BCUT2D eigenvalue weighted by atomic mass is 9.86. The number of H-pyrrole nitrogens is 1. The molecule has 0 spiro atoms. The molecule has 3 heterocycles. The van der Waals surface area contributed by atoms with Gasteiger partial charge < -0.3 is 15.0 Å². The molecule has 32 heavy (non-hydrogen) atoms. The molecule has 0 bridgehead atoms. The van der Waals surface area contributed by atoms with Gasteiger partial charge in [-0.2, -0.15) is 0 Å². The normalized spacial score (nSPS) is 19.2. The monoisotopic (exact) mass is 424 g/mol. The Morgan fingerprint density at radius 1 is 1.12 bits per heavy atom.